The number of amides is 2. The third-order valence-electron chi connectivity index (χ3n) is 6.94. The first kappa shape index (κ1) is 23.1. The minimum atomic E-state index is -1.13. The van der Waals surface area contributed by atoms with Crippen molar-refractivity contribution in [1.82, 2.24) is 15.1 Å². The number of benzene rings is 1. The highest BCUT2D eigenvalue weighted by molar-refractivity contribution is 7.13. The Morgan fingerprint density at radius 3 is 2.50 bits per heavy atom. The van der Waals surface area contributed by atoms with E-state index in [4.69, 9.17) is 16.7 Å². The number of nitrogens with one attached hydrogen (secondary N) is 1. The van der Waals surface area contributed by atoms with Gasteiger partial charge in [-0.2, -0.15) is 5.10 Å². The molecule has 1 aliphatic carbocycles. The lowest BCUT2D eigenvalue weighted by atomic mass is 9.91. The largest absolute Gasteiger partial charge is 0.351 e. The second-order valence-electron chi connectivity index (χ2n) is 9.46. The Morgan fingerprint density at radius 2 is 1.82 bits per heavy atom. The van der Waals surface area contributed by atoms with Crippen molar-refractivity contribution in [3.05, 3.63) is 58.6 Å². The molecule has 1 saturated carbocycles. The summed E-state index contributed by atoms with van der Waals surface area (Å²) < 4.78 is 1.70. The van der Waals surface area contributed by atoms with Crippen LogP contribution in [0, 0.1) is 0 Å². The molecule has 6 nitrogen and oxygen atoms in total. The van der Waals surface area contributed by atoms with Crippen molar-refractivity contribution in [3.8, 4) is 10.6 Å². The molecule has 0 spiro atoms. The molecule has 1 aliphatic heterocycles. The smallest absolute Gasteiger partial charge is 0.277 e. The second-order valence-corrected chi connectivity index (χ2v) is 10.8. The Balaban J connectivity index is 1.52. The van der Waals surface area contributed by atoms with Gasteiger partial charge in [-0.1, -0.05) is 49.8 Å². The SMILES string of the molecule is C[C@@]1(C(=O)NC2CCCCCCC2)Cn2nc(-c3cccs3)cc2C(=O)N1c1ccc(Cl)cc1. The molecule has 8 heteroatoms. The molecule has 0 unspecified atom stereocenters. The third kappa shape index (κ3) is 4.39. The Kier molecular flexibility index (Phi) is 6.49. The topological polar surface area (TPSA) is 67.2 Å². The number of hydrogen-bond acceptors (Lipinski definition) is 4. The van der Waals surface area contributed by atoms with Gasteiger partial charge in [0.25, 0.3) is 5.91 Å². The summed E-state index contributed by atoms with van der Waals surface area (Å²) in [4.78, 5) is 30.3. The standard InChI is InChI=1S/C26H29ClN4O2S/c1-26(25(33)28-19-8-5-3-2-4-6-9-19)17-30-22(16-21(29-30)23-10-7-15-34-23)24(32)31(26)20-13-11-18(27)12-14-20/h7,10-16,19H,2-6,8-9,17H2,1H3,(H,28,33)/t26-/m0/s1. The number of carbonyl (C=O) groups is 2. The number of aromatic nitrogens is 2. The van der Waals surface area contributed by atoms with Gasteiger partial charge in [0.05, 0.1) is 11.4 Å². The Hall–Kier alpha value is -2.64. The van der Waals surface area contributed by atoms with Crippen LogP contribution in [0.25, 0.3) is 10.6 Å². The van der Waals surface area contributed by atoms with Gasteiger partial charge in [0.15, 0.2) is 0 Å². The summed E-state index contributed by atoms with van der Waals surface area (Å²) in [5.74, 6) is -0.376. The highest BCUT2D eigenvalue weighted by Crippen LogP contribution is 2.35. The van der Waals surface area contributed by atoms with E-state index >= 15 is 0 Å². The molecule has 2 aliphatic rings. The van der Waals surface area contributed by atoms with E-state index in [2.05, 4.69) is 5.32 Å². The fourth-order valence-corrected chi connectivity index (χ4v) is 5.87. The molecule has 1 fully saturated rings. The van der Waals surface area contributed by atoms with E-state index in [0.717, 1.165) is 36.3 Å². The normalized spacial score (nSPS) is 21.6. The minimum absolute atomic E-state index is 0.132. The van der Waals surface area contributed by atoms with Gasteiger partial charge in [-0.05, 0) is 61.5 Å². The van der Waals surface area contributed by atoms with Gasteiger partial charge >= 0.3 is 0 Å². The van der Waals surface area contributed by atoms with E-state index in [1.54, 1.807) is 45.2 Å². The molecule has 2 amide bonds. The molecule has 3 aromatic rings. The lowest BCUT2D eigenvalue weighted by Crippen LogP contribution is -2.65. The van der Waals surface area contributed by atoms with Crippen LogP contribution < -0.4 is 10.2 Å². The van der Waals surface area contributed by atoms with Crippen LogP contribution in [-0.4, -0.2) is 33.2 Å². The summed E-state index contributed by atoms with van der Waals surface area (Å²) in [7, 11) is 0. The maximum Gasteiger partial charge on any atom is 0.277 e. The van der Waals surface area contributed by atoms with Crippen LogP contribution >= 0.6 is 22.9 Å². The van der Waals surface area contributed by atoms with Crippen LogP contribution in [0.3, 0.4) is 0 Å². The predicted molar refractivity (Wildman–Crippen MR) is 136 cm³/mol. The van der Waals surface area contributed by atoms with Gasteiger partial charge in [0.2, 0.25) is 5.91 Å². The van der Waals surface area contributed by atoms with Crippen molar-refractivity contribution in [3.63, 3.8) is 0 Å². The molecule has 0 bridgehead atoms. The summed E-state index contributed by atoms with van der Waals surface area (Å²) in [6.45, 7) is 2.12. The molecule has 2 aromatic heterocycles. The average Bonchev–Trinajstić information content (AvgIpc) is 3.47. The summed E-state index contributed by atoms with van der Waals surface area (Å²) in [6, 6.07) is 13.0. The van der Waals surface area contributed by atoms with Gasteiger partial charge in [0, 0.05) is 16.8 Å². The molecule has 1 N–H and O–H groups in total. The van der Waals surface area contributed by atoms with Gasteiger partial charge in [-0.3, -0.25) is 19.2 Å². The van der Waals surface area contributed by atoms with Crippen molar-refractivity contribution in [2.45, 2.75) is 70.0 Å². The molecular weight excluding hydrogens is 468 g/mol. The van der Waals surface area contributed by atoms with Gasteiger partial charge < -0.3 is 5.32 Å². The number of hydrogen-bond donors (Lipinski definition) is 1. The zero-order valence-electron chi connectivity index (χ0n) is 19.3. The molecule has 0 saturated heterocycles. The summed E-state index contributed by atoms with van der Waals surface area (Å²) in [6.07, 6.45) is 7.89. The van der Waals surface area contributed by atoms with E-state index in [1.807, 2.05) is 30.5 Å². The highest BCUT2D eigenvalue weighted by atomic mass is 35.5. The molecule has 3 heterocycles. The van der Waals surface area contributed by atoms with Gasteiger partial charge in [-0.15, -0.1) is 11.3 Å². The van der Waals surface area contributed by atoms with Crippen molar-refractivity contribution >= 4 is 40.4 Å². The van der Waals surface area contributed by atoms with Crippen LogP contribution in [0.4, 0.5) is 5.69 Å². The number of anilines is 1. The second kappa shape index (κ2) is 9.55. The van der Waals surface area contributed by atoms with Crippen LogP contribution in [0.5, 0.6) is 0 Å². The zero-order chi connectivity index (χ0) is 23.7. The molecular formula is C26H29ClN4O2S. The lowest BCUT2D eigenvalue weighted by molar-refractivity contribution is -0.127. The molecule has 178 valence electrons. The maximum atomic E-state index is 13.9. The first-order valence-corrected chi connectivity index (χ1v) is 13.2. The quantitative estimate of drug-likeness (QED) is 0.488. The fourth-order valence-electron chi connectivity index (χ4n) is 5.06. The monoisotopic (exact) mass is 496 g/mol. The summed E-state index contributed by atoms with van der Waals surface area (Å²) >= 11 is 7.70. The lowest BCUT2D eigenvalue weighted by Gasteiger charge is -2.43. The van der Waals surface area contributed by atoms with Crippen LogP contribution in [0.1, 0.15) is 62.4 Å². The van der Waals surface area contributed by atoms with Gasteiger partial charge in [0.1, 0.15) is 16.9 Å². The van der Waals surface area contributed by atoms with Crippen LogP contribution in [-0.2, 0) is 11.3 Å². The zero-order valence-corrected chi connectivity index (χ0v) is 20.9. The number of halogens is 1. The number of nitrogens with zero attached hydrogens (tertiary/aromatic N) is 3. The van der Waals surface area contributed by atoms with E-state index in [0.29, 0.717) is 16.4 Å². The average molecular weight is 497 g/mol. The van der Waals surface area contributed by atoms with Crippen LogP contribution in [0.2, 0.25) is 5.02 Å². The highest BCUT2D eigenvalue weighted by Gasteiger charge is 2.49. The number of thiophene rings is 1. The van der Waals surface area contributed by atoms with Crippen LogP contribution in [0.15, 0.2) is 47.8 Å². The van der Waals surface area contributed by atoms with Crippen molar-refractivity contribution in [2.24, 2.45) is 0 Å². The fraction of sp³-hybridized carbons (Fsp3) is 0.423. The molecule has 5 rings (SSSR count). The molecule has 1 atom stereocenters. The van der Waals surface area contributed by atoms with E-state index in [9.17, 15) is 9.59 Å². The van der Waals surface area contributed by atoms with E-state index in [1.165, 1.54) is 19.3 Å². The first-order chi connectivity index (χ1) is 16.5. The predicted octanol–water partition coefficient (Wildman–Crippen LogP) is 5.91. The number of fused-ring (bicyclic) bond motifs is 1. The Morgan fingerprint density at radius 1 is 1.12 bits per heavy atom. The molecule has 1 aromatic carbocycles. The molecule has 34 heavy (non-hydrogen) atoms. The van der Waals surface area contributed by atoms with Gasteiger partial charge in [-0.25, -0.2) is 0 Å². The number of carbonyl (C=O) groups excluding carboxylic acids is 2. The van der Waals surface area contributed by atoms with Crippen molar-refractivity contribution in [1.29, 1.82) is 0 Å². The number of rotatable bonds is 4. The third-order valence-corrected chi connectivity index (χ3v) is 8.09. The van der Waals surface area contributed by atoms with Crippen molar-refractivity contribution < 1.29 is 9.59 Å². The minimum Gasteiger partial charge on any atom is -0.351 e. The summed E-state index contributed by atoms with van der Waals surface area (Å²) in [5, 5.41) is 10.6. The van der Waals surface area contributed by atoms with Crippen molar-refractivity contribution in [2.75, 3.05) is 4.90 Å². The molecule has 0 radical (unpaired) electrons. The van der Waals surface area contributed by atoms with E-state index in [-0.39, 0.29) is 24.4 Å². The van der Waals surface area contributed by atoms with E-state index < -0.39 is 5.54 Å². The Labute approximate surface area is 208 Å². The Bertz CT molecular complexity index is 1170. The maximum absolute atomic E-state index is 13.9. The first-order valence-electron chi connectivity index (χ1n) is 12.0. The summed E-state index contributed by atoms with van der Waals surface area (Å²) in [5.41, 5.74) is 0.752.